The largest absolute Gasteiger partial charge is 0.750 e. The third-order valence-electron chi connectivity index (χ3n) is 1.60. The molecule has 0 spiro atoms. The van der Waals surface area contributed by atoms with Crippen molar-refractivity contribution in [2.24, 2.45) is 0 Å². The molecular formula is C5H8BrO3S-. The molecule has 1 aliphatic carbocycles. The first kappa shape index (κ1) is 8.64. The van der Waals surface area contributed by atoms with Crippen LogP contribution in [0.5, 0.6) is 0 Å². The van der Waals surface area contributed by atoms with Gasteiger partial charge in [-0.05, 0) is 19.3 Å². The topological polar surface area (TPSA) is 49.4 Å². The molecule has 10 heavy (non-hydrogen) atoms. The van der Waals surface area contributed by atoms with Crippen molar-refractivity contribution in [3.05, 3.63) is 0 Å². The van der Waals surface area contributed by atoms with E-state index in [4.69, 9.17) is 0 Å². The van der Waals surface area contributed by atoms with Crippen LogP contribution in [-0.2, 0) is 15.5 Å². The molecule has 60 valence electrons. The van der Waals surface area contributed by atoms with Crippen LogP contribution in [-0.4, -0.2) is 19.7 Å². The maximum atomic E-state index is 10.1. The predicted octanol–water partition coefficient (Wildman–Crippen LogP) is 1.11. The lowest BCUT2D eigenvalue weighted by atomic mass is 10.3. The Bertz CT molecular complexity index is 146. The van der Waals surface area contributed by atoms with Gasteiger partial charge in [-0.2, -0.15) is 0 Å². The first-order chi connectivity index (χ1) is 4.68. The minimum Gasteiger partial charge on any atom is -0.750 e. The van der Waals surface area contributed by atoms with Crippen LogP contribution in [0.4, 0.5) is 0 Å². The second-order valence-electron chi connectivity index (χ2n) is 2.41. The fourth-order valence-electron chi connectivity index (χ4n) is 0.831. The minimum absolute atomic E-state index is 0.337. The molecule has 0 aromatic rings. The molecule has 3 nitrogen and oxygen atoms in total. The third-order valence-corrected chi connectivity index (χ3v) is 2.49. The molecule has 1 aliphatic rings. The minimum atomic E-state index is -2.34. The van der Waals surface area contributed by atoms with Crippen molar-refractivity contribution in [3.63, 3.8) is 0 Å². The van der Waals surface area contributed by atoms with Gasteiger partial charge in [0, 0.05) is 5.33 Å². The maximum Gasteiger partial charge on any atom is 0.0854 e. The van der Waals surface area contributed by atoms with Crippen molar-refractivity contribution in [1.29, 1.82) is 0 Å². The Morgan fingerprint density at radius 1 is 1.70 bits per heavy atom. The summed E-state index contributed by atoms with van der Waals surface area (Å²) in [7, 11) is 0. The normalized spacial score (nSPS) is 24.2. The molecule has 1 unspecified atom stereocenters. The molecule has 0 aromatic heterocycles. The first-order valence-corrected chi connectivity index (χ1v) is 5.15. The molecule has 1 atom stereocenters. The van der Waals surface area contributed by atoms with E-state index >= 15 is 0 Å². The summed E-state index contributed by atoms with van der Waals surface area (Å²) < 4.78 is 24.9. The van der Waals surface area contributed by atoms with Gasteiger partial charge in [0.15, 0.2) is 0 Å². The highest BCUT2D eigenvalue weighted by atomic mass is 79.9. The van der Waals surface area contributed by atoms with E-state index in [-0.39, 0.29) is 5.60 Å². The summed E-state index contributed by atoms with van der Waals surface area (Å²) in [6.45, 7) is 0. The summed E-state index contributed by atoms with van der Waals surface area (Å²) in [6.07, 6.45) is 2.51. The number of rotatable bonds is 4. The molecule has 0 heterocycles. The molecule has 0 aliphatic heterocycles. The molecule has 1 rings (SSSR count). The predicted molar refractivity (Wildman–Crippen MR) is 40.4 cm³/mol. The number of alkyl halides is 1. The summed E-state index contributed by atoms with van der Waals surface area (Å²) in [6, 6.07) is 0. The highest BCUT2D eigenvalue weighted by molar-refractivity contribution is 9.09. The van der Waals surface area contributed by atoms with Gasteiger partial charge >= 0.3 is 0 Å². The molecule has 1 fully saturated rings. The summed E-state index contributed by atoms with van der Waals surface area (Å²) in [5, 5.41) is 0.796. The van der Waals surface area contributed by atoms with Crippen LogP contribution >= 0.6 is 15.9 Å². The van der Waals surface area contributed by atoms with Crippen LogP contribution in [0.3, 0.4) is 0 Å². The zero-order valence-corrected chi connectivity index (χ0v) is 7.74. The molecular weight excluding hydrogens is 220 g/mol. The Balaban J connectivity index is 2.30. The highest BCUT2D eigenvalue weighted by Crippen LogP contribution is 2.43. The van der Waals surface area contributed by atoms with Crippen LogP contribution < -0.4 is 0 Å². The molecule has 0 saturated heterocycles. The molecule has 0 aromatic carbocycles. The Hall–Kier alpha value is 0.550. The van der Waals surface area contributed by atoms with Gasteiger partial charge in [-0.1, -0.05) is 15.9 Å². The van der Waals surface area contributed by atoms with Crippen molar-refractivity contribution in [3.8, 4) is 0 Å². The van der Waals surface area contributed by atoms with Gasteiger partial charge in [0.25, 0.3) is 0 Å². The highest BCUT2D eigenvalue weighted by Gasteiger charge is 2.44. The van der Waals surface area contributed by atoms with Crippen LogP contribution in [0.2, 0.25) is 0 Å². The Kier molecular flexibility index (Phi) is 2.85. The van der Waals surface area contributed by atoms with E-state index in [1.165, 1.54) is 0 Å². The summed E-state index contributed by atoms with van der Waals surface area (Å²) in [4.78, 5) is 0. The van der Waals surface area contributed by atoms with Crippen molar-refractivity contribution < 1.29 is 12.9 Å². The van der Waals surface area contributed by atoms with Gasteiger partial charge < -0.3 is 4.55 Å². The van der Waals surface area contributed by atoms with Crippen molar-refractivity contribution in [1.82, 2.24) is 0 Å². The summed E-state index contributed by atoms with van der Waals surface area (Å²) >= 11 is 0.889. The van der Waals surface area contributed by atoms with E-state index < -0.39 is 11.4 Å². The van der Waals surface area contributed by atoms with E-state index in [2.05, 4.69) is 20.1 Å². The standard InChI is InChI=1S/C5H9BrO3S/c6-4-3-5(1-2-5)9-10(7)8/h1-4H2,(H,7,8)/p-1. The number of hydrogen-bond donors (Lipinski definition) is 0. The summed E-state index contributed by atoms with van der Waals surface area (Å²) in [5.74, 6) is 0. The second kappa shape index (κ2) is 3.30. The summed E-state index contributed by atoms with van der Waals surface area (Å²) in [5.41, 5.74) is -0.337. The smallest absolute Gasteiger partial charge is 0.0854 e. The fraction of sp³-hybridized carbons (Fsp3) is 1.00. The van der Waals surface area contributed by atoms with Crippen LogP contribution in [0, 0.1) is 0 Å². The van der Waals surface area contributed by atoms with Crippen LogP contribution in [0.1, 0.15) is 19.3 Å². The molecule has 0 amide bonds. The number of halogens is 1. The van der Waals surface area contributed by atoms with E-state index in [9.17, 15) is 8.76 Å². The molecule has 1 saturated carbocycles. The van der Waals surface area contributed by atoms with Gasteiger partial charge in [0.1, 0.15) is 0 Å². The zero-order valence-electron chi connectivity index (χ0n) is 5.34. The van der Waals surface area contributed by atoms with Crippen LogP contribution in [0.15, 0.2) is 0 Å². The quantitative estimate of drug-likeness (QED) is 0.535. The van der Waals surface area contributed by atoms with Gasteiger partial charge in [-0.3, -0.25) is 4.18 Å². The monoisotopic (exact) mass is 227 g/mol. The van der Waals surface area contributed by atoms with Crippen molar-refractivity contribution in [2.75, 3.05) is 5.33 Å². The van der Waals surface area contributed by atoms with Crippen molar-refractivity contribution in [2.45, 2.75) is 24.9 Å². The first-order valence-electron chi connectivity index (χ1n) is 3.03. The molecule has 5 heteroatoms. The van der Waals surface area contributed by atoms with E-state index in [1.54, 1.807) is 0 Å². The second-order valence-corrected chi connectivity index (χ2v) is 3.78. The number of hydrogen-bond acceptors (Lipinski definition) is 3. The van der Waals surface area contributed by atoms with Gasteiger partial charge in [0.2, 0.25) is 0 Å². The van der Waals surface area contributed by atoms with Crippen LogP contribution in [0.25, 0.3) is 0 Å². The lowest BCUT2D eigenvalue weighted by molar-refractivity contribution is 0.177. The molecule has 0 bridgehead atoms. The van der Waals surface area contributed by atoms with Crippen molar-refractivity contribution >= 4 is 27.3 Å². The Morgan fingerprint density at radius 3 is 2.60 bits per heavy atom. The molecule has 0 radical (unpaired) electrons. The lowest BCUT2D eigenvalue weighted by Gasteiger charge is -2.15. The van der Waals surface area contributed by atoms with Gasteiger partial charge in [0.05, 0.1) is 17.0 Å². The zero-order chi connectivity index (χ0) is 7.61. The maximum absolute atomic E-state index is 10.1. The van der Waals surface area contributed by atoms with E-state index in [0.717, 1.165) is 24.6 Å². The Labute approximate surface area is 70.8 Å². The average Bonchev–Trinajstić information content (AvgIpc) is 2.47. The van der Waals surface area contributed by atoms with Gasteiger partial charge in [-0.15, -0.1) is 0 Å². The average molecular weight is 228 g/mol. The third kappa shape index (κ3) is 2.30. The van der Waals surface area contributed by atoms with Gasteiger partial charge in [-0.25, -0.2) is 4.21 Å². The van der Waals surface area contributed by atoms with E-state index in [0.29, 0.717) is 0 Å². The van der Waals surface area contributed by atoms with E-state index in [1.807, 2.05) is 0 Å². The molecule has 0 N–H and O–H groups in total. The lowest BCUT2D eigenvalue weighted by Crippen LogP contribution is -2.15. The Morgan fingerprint density at radius 2 is 2.30 bits per heavy atom. The SMILES string of the molecule is O=S([O-])OC1(CCBr)CC1. The fourth-order valence-corrected chi connectivity index (χ4v) is 2.09.